The zero-order valence-corrected chi connectivity index (χ0v) is 10.4. The molecule has 0 N–H and O–H groups in total. The largest absolute Gasteiger partial charge is 0.460 e. The Morgan fingerprint density at radius 1 is 1.44 bits per heavy atom. The van der Waals surface area contributed by atoms with Crippen LogP contribution in [0.25, 0.3) is 6.08 Å². The molecule has 16 heavy (non-hydrogen) atoms. The van der Waals surface area contributed by atoms with Crippen LogP contribution in [-0.4, -0.2) is 18.4 Å². The Labute approximate surface area is 102 Å². The van der Waals surface area contributed by atoms with Gasteiger partial charge >= 0.3 is 5.97 Å². The molecule has 0 atom stereocenters. The number of hydrogen-bond acceptors (Lipinski definition) is 3. The van der Waals surface area contributed by atoms with E-state index in [1.165, 1.54) is 6.08 Å². The number of halogens is 1. The van der Waals surface area contributed by atoms with Gasteiger partial charge in [-0.05, 0) is 30.7 Å². The third-order valence-corrected chi connectivity index (χ3v) is 2.25. The Balaban J connectivity index is 2.67. The molecule has 4 heteroatoms. The number of benzene rings is 1. The van der Waals surface area contributed by atoms with Crippen molar-refractivity contribution in [2.24, 2.45) is 0 Å². The Morgan fingerprint density at radius 3 is 2.81 bits per heavy atom. The highest BCUT2D eigenvalue weighted by atomic mass is 79.9. The van der Waals surface area contributed by atoms with E-state index in [0.717, 1.165) is 10.0 Å². The average molecular weight is 283 g/mol. The summed E-state index contributed by atoms with van der Waals surface area (Å²) in [4.78, 5) is 22.2. The van der Waals surface area contributed by atoms with Crippen LogP contribution < -0.4 is 0 Å². The second-order valence-electron chi connectivity index (χ2n) is 2.97. The molecule has 0 heterocycles. The van der Waals surface area contributed by atoms with Crippen LogP contribution in [0.1, 0.15) is 12.5 Å². The molecule has 0 spiro atoms. The lowest BCUT2D eigenvalue weighted by Crippen LogP contribution is -2.14. The predicted molar refractivity (Wildman–Crippen MR) is 64.8 cm³/mol. The maximum absolute atomic E-state index is 11.2. The summed E-state index contributed by atoms with van der Waals surface area (Å²) in [6.07, 6.45) is 2.78. The fraction of sp³-hybridized carbons (Fsp3) is 0.167. The first-order chi connectivity index (χ1) is 7.63. The Kier molecular flexibility index (Phi) is 4.92. The van der Waals surface area contributed by atoms with Gasteiger partial charge in [0.25, 0.3) is 5.78 Å². The smallest absolute Gasteiger partial charge is 0.379 e. The van der Waals surface area contributed by atoms with E-state index in [1.807, 2.05) is 24.3 Å². The third kappa shape index (κ3) is 3.98. The molecule has 1 rings (SSSR count). The molecular weight excluding hydrogens is 272 g/mol. The second-order valence-corrected chi connectivity index (χ2v) is 3.89. The average Bonchev–Trinajstić information content (AvgIpc) is 2.26. The molecule has 84 valence electrons. The van der Waals surface area contributed by atoms with E-state index in [9.17, 15) is 9.59 Å². The molecule has 0 aliphatic heterocycles. The molecule has 0 fully saturated rings. The molecule has 0 aliphatic rings. The van der Waals surface area contributed by atoms with Gasteiger partial charge in [-0.1, -0.05) is 34.1 Å². The van der Waals surface area contributed by atoms with Crippen molar-refractivity contribution in [3.63, 3.8) is 0 Å². The van der Waals surface area contributed by atoms with Gasteiger partial charge in [-0.15, -0.1) is 0 Å². The van der Waals surface area contributed by atoms with Crippen LogP contribution >= 0.6 is 15.9 Å². The third-order valence-electron chi connectivity index (χ3n) is 1.75. The summed E-state index contributed by atoms with van der Waals surface area (Å²) in [6, 6.07) is 7.40. The minimum absolute atomic E-state index is 0.204. The maximum Gasteiger partial charge on any atom is 0.379 e. The molecule has 0 amide bonds. The highest BCUT2D eigenvalue weighted by Gasteiger charge is 2.09. The summed E-state index contributed by atoms with van der Waals surface area (Å²) in [5, 5.41) is 0. The second kappa shape index (κ2) is 6.23. The van der Waals surface area contributed by atoms with Crippen LogP contribution in [0.2, 0.25) is 0 Å². The van der Waals surface area contributed by atoms with Crippen molar-refractivity contribution >= 4 is 33.8 Å². The summed E-state index contributed by atoms with van der Waals surface area (Å²) in [5.74, 6) is -1.48. The van der Waals surface area contributed by atoms with Crippen LogP contribution in [0.5, 0.6) is 0 Å². The van der Waals surface area contributed by atoms with Gasteiger partial charge in [0.1, 0.15) is 0 Å². The minimum atomic E-state index is -0.825. The zero-order valence-electron chi connectivity index (χ0n) is 8.77. The quantitative estimate of drug-likeness (QED) is 0.484. The molecule has 0 saturated heterocycles. The van der Waals surface area contributed by atoms with E-state index in [2.05, 4.69) is 20.7 Å². The van der Waals surface area contributed by atoms with Crippen molar-refractivity contribution < 1.29 is 14.3 Å². The van der Waals surface area contributed by atoms with Gasteiger partial charge < -0.3 is 4.74 Å². The molecule has 0 radical (unpaired) electrons. The monoisotopic (exact) mass is 282 g/mol. The number of esters is 1. The molecule has 0 aliphatic carbocycles. The van der Waals surface area contributed by atoms with Crippen LogP contribution in [0.3, 0.4) is 0 Å². The number of hydrogen-bond donors (Lipinski definition) is 0. The zero-order chi connectivity index (χ0) is 12.0. The molecule has 0 aromatic heterocycles. The first-order valence-electron chi connectivity index (χ1n) is 4.78. The Hall–Kier alpha value is -1.42. The molecule has 0 unspecified atom stereocenters. The van der Waals surface area contributed by atoms with Gasteiger partial charge in [0.2, 0.25) is 0 Å². The van der Waals surface area contributed by atoms with E-state index in [1.54, 1.807) is 13.0 Å². The lowest BCUT2D eigenvalue weighted by Gasteiger charge is -1.96. The van der Waals surface area contributed by atoms with E-state index in [4.69, 9.17) is 0 Å². The lowest BCUT2D eigenvalue weighted by molar-refractivity contribution is -0.151. The number of carbonyl (C=O) groups excluding carboxylic acids is 2. The summed E-state index contributed by atoms with van der Waals surface area (Å²) < 4.78 is 5.48. The molecule has 1 aromatic carbocycles. The summed E-state index contributed by atoms with van der Waals surface area (Å²) in [6.45, 7) is 1.86. The Morgan fingerprint density at radius 2 is 2.19 bits per heavy atom. The number of rotatable bonds is 4. The SMILES string of the molecule is CCOC(=O)C(=O)C=Cc1cccc(Br)c1. The van der Waals surface area contributed by atoms with Crippen molar-refractivity contribution in [2.75, 3.05) is 6.61 Å². The van der Waals surface area contributed by atoms with Crippen molar-refractivity contribution in [3.05, 3.63) is 40.4 Å². The highest BCUT2D eigenvalue weighted by molar-refractivity contribution is 9.10. The lowest BCUT2D eigenvalue weighted by atomic mass is 10.2. The van der Waals surface area contributed by atoms with Gasteiger partial charge in [-0.25, -0.2) is 4.79 Å². The first-order valence-corrected chi connectivity index (χ1v) is 5.57. The number of ether oxygens (including phenoxy) is 1. The van der Waals surface area contributed by atoms with Gasteiger partial charge in [-0.2, -0.15) is 0 Å². The van der Waals surface area contributed by atoms with Crippen molar-refractivity contribution in [1.29, 1.82) is 0 Å². The highest BCUT2D eigenvalue weighted by Crippen LogP contribution is 2.12. The number of ketones is 1. The summed E-state index contributed by atoms with van der Waals surface area (Å²) >= 11 is 3.31. The van der Waals surface area contributed by atoms with Crippen LogP contribution in [0, 0.1) is 0 Å². The standard InChI is InChI=1S/C12H11BrO3/c1-2-16-12(15)11(14)7-6-9-4-3-5-10(13)8-9/h3-8H,2H2,1H3. The first kappa shape index (κ1) is 12.6. The van der Waals surface area contributed by atoms with Gasteiger partial charge in [0.15, 0.2) is 0 Å². The van der Waals surface area contributed by atoms with Crippen molar-refractivity contribution in [3.8, 4) is 0 Å². The molecule has 1 aromatic rings. The van der Waals surface area contributed by atoms with Crippen LogP contribution in [0.4, 0.5) is 0 Å². The normalized spacial score (nSPS) is 10.4. The molecular formula is C12H11BrO3. The van der Waals surface area contributed by atoms with E-state index in [-0.39, 0.29) is 6.61 Å². The fourth-order valence-electron chi connectivity index (χ4n) is 1.05. The predicted octanol–water partition coefficient (Wildman–Crippen LogP) is 2.59. The summed E-state index contributed by atoms with van der Waals surface area (Å²) in [5.41, 5.74) is 0.840. The minimum Gasteiger partial charge on any atom is -0.460 e. The summed E-state index contributed by atoms with van der Waals surface area (Å²) in [7, 11) is 0. The molecule has 3 nitrogen and oxygen atoms in total. The molecule has 0 saturated carbocycles. The Bertz CT molecular complexity index is 424. The van der Waals surface area contributed by atoms with Gasteiger partial charge in [-0.3, -0.25) is 4.79 Å². The molecule has 0 bridgehead atoms. The van der Waals surface area contributed by atoms with E-state index < -0.39 is 11.8 Å². The van der Waals surface area contributed by atoms with Gasteiger partial charge in [0.05, 0.1) is 6.61 Å². The number of carbonyl (C=O) groups is 2. The topological polar surface area (TPSA) is 43.4 Å². The van der Waals surface area contributed by atoms with E-state index in [0.29, 0.717) is 0 Å². The maximum atomic E-state index is 11.2. The van der Waals surface area contributed by atoms with Crippen LogP contribution in [-0.2, 0) is 14.3 Å². The van der Waals surface area contributed by atoms with Crippen molar-refractivity contribution in [2.45, 2.75) is 6.92 Å². The fourth-order valence-corrected chi connectivity index (χ4v) is 1.47. The van der Waals surface area contributed by atoms with Crippen LogP contribution in [0.15, 0.2) is 34.8 Å². The van der Waals surface area contributed by atoms with E-state index >= 15 is 0 Å². The van der Waals surface area contributed by atoms with Crippen molar-refractivity contribution in [1.82, 2.24) is 0 Å². The van der Waals surface area contributed by atoms with Gasteiger partial charge in [0, 0.05) is 4.47 Å².